The Morgan fingerprint density at radius 3 is 1.85 bits per heavy atom. The van der Waals surface area contributed by atoms with E-state index >= 15 is 0 Å². The van der Waals surface area contributed by atoms with Crippen LogP contribution in [0.4, 0.5) is 11.4 Å². The number of rotatable bonds is 3. The molecule has 6 heterocycles. The molecule has 0 saturated carbocycles. The molecule has 46 heavy (non-hydrogen) atoms. The number of aryl methyl sites for hydroxylation is 4. The highest BCUT2D eigenvalue weighted by Crippen LogP contribution is 2.41. The van der Waals surface area contributed by atoms with Crippen molar-refractivity contribution in [2.75, 3.05) is 30.0 Å². The lowest BCUT2D eigenvalue weighted by atomic mass is 9.87. The Morgan fingerprint density at radius 1 is 0.609 bits per heavy atom. The summed E-state index contributed by atoms with van der Waals surface area (Å²) in [6.07, 6.45) is 14.6. The van der Waals surface area contributed by atoms with Crippen molar-refractivity contribution in [2.24, 2.45) is 0 Å². The fourth-order valence-corrected chi connectivity index (χ4v) is 7.66. The molecule has 0 aliphatic carbocycles. The zero-order chi connectivity index (χ0) is 31.2. The molecule has 0 bridgehead atoms. The van der Waals surface area contributed by atoms with Crippen molar-refractivity contribution in [3.63, 3.8) is 0 Å². The molecule has 5 aromatic rings. The minimum Gasteiger partial charge on any atom is -0.495 e. The zero-order valence-electron chi connectivity index (χ0n) is 26.1. The van der Waals surface area contributed by atoms with Crippen LogP contribution in [0.1, 0.15) is 47.9 Å². The summed E-state index contributed by atoms with van der Waals surface area (Å²) in [5.41, 5.74) is 12.2. The smallest absolute Gasteiger partial charge is 0.227 e. The van der Waals surface area contributed by atoms with Gasteiger partial charge in [0.2, 0.25) is 11.8 Å². The second-order valence-electron chi connectivity index (χ2n) is 12.6. The first-order valence-corrected chi connectivity index (χ1v) is 16.3. The van der Waals surface area contributed by atoms with Gasteiger partial charge in [0.05, 0.1) is 24.7 Å². The Bertz CT molecular complexity index is 1980. The van der Waals surface area contributed by atoms with Gasteiger partial charge in [0.25, 0.3) is 0 Å². The number of carbonyl (C=O) groups is 2. The number of benzene rings is 3. The Balaban J connectivity index is 0.000000136. The number of pyridine rings is 2. The number of hydrogen-bond acceptors (Lipinski definition) is 5. The van der Waals surface area contributed by atoms with Crippen molar-refractivity contribution in [1.29, 1.82) is 0 Å². The van der Waals surface area contributed by atoms with Crippen LogP contribution in [0.15, 0.2) is 79.4 Å². The molecule has 230 valence electrons. The number of methoxy groups -OCH3 is 1. The second kappa shape index (κ2) is 11.7. The molecular formula is C39H36N4O3. The molecule has 2 amide bonds. The minimum absolute atomic E-state index is 0.268. The van der Waals surface area contributed by atoms with Gasteiger partial charge in [-0.2, -0.15) is 0 Å². The lowest BCUT2D eigenvalue weighted by molar-refractivity contribution is -0.119. The molecule has 7 nitrogen and oxygen atoms in total. The molecule has 4 aliphatic rings. The van der Waals surface area contributed by atoms with Crippen molar-refractivity contribution in [2.45, 2.75) is 51.4 Å². The van der Waals surface area contributed by atoms with Crippen LogP contribution < -0.4 is 14.5 Å². The second-order valence-corrected chi connectivity index (χ2v) is 12.6. The molecule has 0 spiro atoms. The van der Waals surface area contributed by atoms with E-state index in [1.54, 1.807) is 13.3 Å². The number of aromatic nitrogens is 2. The molecule has 0 radical (unpaired) electrons. The summed E-state index contributed by atoms with van der Waals surface area (Å²) >= 11 is 0. The number of hydrogen-bond donors (Lipinski definition) is 0. The third kappa shape index (κ3) is 5.00. The van der Waals surface area contributed by atoms with Crippen LogP contribution in [0.25, 0.3) is 33.0 Å². The van der Waals surface area contributed by atoms with Crippen molar-refractivity contribution >= 4 is 34.0 Å². The summed E-state index contributed by atoms with van der Waals surface area (Å²) in [5, 5.41) is 2.40. The van der Waals surface area contributed by atoms with E-state index in [0.29, 0.717) is 12.8 Å². The van der Waals surface area contributed by atoms with Crippen LogP contribution >= 0.6 is 0 Å². The number of anilines is 2. The normalized spacial score (nSPS) is 16.4. The first-order chi connectivity index (χ1) is 22.6. The van der Waals surface area contributed by atoms with Gasteiger partial charge in [-0.05, 0) is 108 Å². The minimum atomic E-state index is 0.268. The number of nitrogens with zero attached hydrogens (tertiary/aromatic N) is 4. The van der Waals surface area contributed by atoms with Gasteiger partial charge in [-0.1, -0.05) is 24.3 Å². The van der Waals surface area contributed by atoms with Crippen LogP contribution in [-0.2, 0) is 35.3 Å². The van der Waals surface area contributed by atoms with Gasteiger partial charge < -0.3 is 14.5 Å². The number of ether oxygens (including phenoxy) is 1. The van der Waals surface area contributed by atoms with E-state index in [9.17, 15) is 9.59 Å². The third-order valence-corrected chi connectivity index (χ3v) is 9.81. The van der Waals surface area contributed by atoms with E-state index in [4.69, 9.17) is 4.74 Å². The Kier molecular flexibility index (Phi) is 7.24. The van der Waals surface area contributed by atoms with Gasteiger partial charge in [-0.3, -0.25) is 19.6 Å². The standard InChI is InChI=1S/C21H18N2O.C18H18N2O2/c24-20-8-7-15-11-17(10-14-5-3-9-23(20)21(14)15)19-13-22-12-16-4-1-2-6-18(16)19;1-22-16-9-15(10-19-11-16)14-7-12-3-2-6-20-17(21)5-4-13(8-14)18(12)20/h1-2,4,6,10-13H,3,5,7-9H2;7-11H,2-6H2,1H3. The Morgan fingerprint density at radius 2 is 1.20 bits per heavy atom. The van der Waals surface area contributed by atoms with E-state index in [1.807, 2.05) is 40.5 Å². The summed E-state index contributed by atoms with van der Waals surface area (Å²) in [5.74, 6) is 1.31. The van der Waals surface area contributed by atoms with Gasteiger partial charge in [0, 0.05) is 61.0 Å². The van der Waals surface area contributed by atoms with Crippen LogP contribution in [0.5, 0.6) is 5.75 Å². The summed E-state index contributed by atoms with van der Waals surface area (Å²) in [6.45, 7) is 1.73. The van der Waals surface area contributed by atoms with Gasteiger partial charge in [-0.25, -0.2) is 0 Å². The van der Waals surface area contributed by atoms with Crippen LogP contribution in [0, 0.1) is 0 Å². The summed E-state index contributed by atoms with van der Waals surface area (Å²) in [6, 6.07) is 19.4. The average Bonchev–Trinajstić information content (AvgIpc) is 3.11. The van der Waals surface area contributed by atoms with Gasteiger partial charge in [0.15, 0.2) is 0 Å². The first kappa shape index (κ1) is 28.4. The lowest BCUT2D eigenvalue weighted by Crippen LogP contribution is -2.39. The quantitative estimate of drug-likeness (QED) is 0.218. The van der Waals surface area contributed by atoms with Crippen LogP contribution in [0.2, 0.25) is 0 Å². The molecule has 0 saturated heterocycles. The summed E-state index contributed by atoms with van der Waals surface area (Å²) in [4.78, 5) is 37.0. The SMILES string of the molecule is COc1cncc(-c2cc3c4c(c2)CCC(=O)N4CCC3)c1.O=C1CCc2cc(-c3cncc4ccccc34)cc3c2N1CCC3. The summed E-state index contributed by atoms with van der Waals surface area (Å²) < 4.78 is 5.27. The average molecular weight is 609 g/mol. The van der Waals surface area contributed by atoms with Crippen molar-refractivity contribution < 1.29 is 14.3 Å². The zero-order valence-corrected chi connectivity index (χ0v) is 26.1. The number of carbonyl (C=O) groups excluding carboxylic acids is 2. The maximum atomic E-state index is 12.2. The van der Waals surface area contributed by atoms with E-state index < -0.39 is 0 Å². The highest BCUT2D eigenvalue weighted by Gasteiger charge is 2.31. The van der Waals surface area contributed by atoms with Crippen molar-refractivity contribution in [1.82, 2.24) is 9.97 Å². The van der Waals surface area contributed by atoms with E-state index in [0.717, 1.165) is 73.9 Å². The van der Waals surface area contributed by atoms with Crippen molar-refractivity contribution in [3.05, 3.63) is 102 Å². The highest BCUT2D eigenvalue weighted by atomic mass is 16.5. The third-order valence-electron chi connectivity index (χ3n) is 9.81. The lowest BCUT2D eigenvalue weighted by Gasteiger charge is -2.35. The molecule has 4 aliphatic heterocycles. The van der Waals surface area contributed by atoms with Gasteiger partial charge in [-0.15, -0.1) is 0 Å². The molecule has 3 aromatic carbocycles. The van der Waals surface area contributed by atoms with E-state index in [-0.39, 0.29) is 11.8 Å². The number of fused-ring (bicyclic) bond motifs is 1. The van der Waals surface area contributed by atoms with Gasteiger partial charge in [0.1, 0.15) is 5.75 Å². The molecule has 2 aromatic heterocycles. The molecule has 0 N–H and O–H groups in total. The molecule has 9 rings (SSSR count). The first-order valence-electron chi connectivity index (χ1n) is 16.3. The Labute approximate surface area is 268 Å². The fourth-order valence-electron chi connectivity index (χ4n) is 7.66. The number of amides is 2. The molecule has 0 atom stereocenters. The molecule has 7 heteroatoms. The summed E-state index contributed by atoms with van der Waals surface area (Å²) in [7, 11) is 1.65. The van der Waals surface area contributed by atoms with E-state index in [2.05, 4.69) is 52.4 Å². The highest BCUT2D eigenvalue weighted by molar-refractivity contribution is 6.01. The van der Waals surface area contributed by atoms with Gasteiger partial charge >= 0.3 is 0 Å². The maximum Gasteiger partial charge on any atom is 0.227 e. The van der Waals surface area contributed by atoms with Crippen LogP contribution in [0.3, 0.4) is 0 Å². The fraction of sp³-hybridized carbons (Fsp3) is 0.282. The van der Waals surface area contributed by atoms with Crippen molar-refractivity contribution in [3.8, 4) is 28.0 Å². The van der Waals surface area contributed by atoms with Crippen LogP contribution in [-0.4, -0.2) is 42.0 Å². The molecular weight excluding hydrogens is 572 g/mol. The topological polar surface area (TPSA) is 75.6 Å². The van der Waals surface area contributed by atoms with E-state index in [1.165, 1.54) is 50.1 Å². The largest absolute Gasteiger partial charge is 0.495 e. The maximum absolute atomic E-state index is 12.2. The Hall–Kier alpha value is -5.04. The molecule has 0 unspecified atom stereocenters. The molecule has 0 fully saturated rings. The monoisotopic (exact) mass is 608 g/mol. The predicted octanol–water partition coefficient (Wildman–Crippen LogP) is 7.11. The predicted molar refractivity (Wildman–Crippen MR) is 181 cm³/mol.